The molecule has 1 unspecified atom stereocenters. The summed E-state index contributed by atoms with van der Waals surface area (Å²) in [6.45, 7) is 11.4. The normalized spacial score (nSPS) is 30.2. The average Bonchev–Trinajstić information content (AvgIpc) is 2.52. The van der Waals surface area contributed by atoms with Gasteiger partial charge in [0.15, 0.2) is 0 Å². The third-order valence-corrected chi connectivity index (χ3v) is 6.26. The standard InChI is InChI=1S/C18H33N3O/c1-15(2)21-14-16(3-4-17(21)22)13-20-11-7-18(8-12-20)5-9-19-10-6-18/h15-16,19H,3-14H2,1-2H3. The Balaban J connectivity index is 1.47. The second-order valence-corrected chi connectivity index (χ2v) is 8.10. The first-order chi connectivity index (χ1) is 10.6. The third-order valence-electron chi connectivity index (χ3n) is 6.26. The van der Waals surface area contributed by atoms with Crippen LogP contribution in [0.25, 0.3) is 0 Å². The van der Waals surface area contributed by atoms with Gasteiger partial charge in [0.1, 0.15) is 0 Å². The molecule has 126 valence electrons. The highest BCUT2D eigenvalue weighted by Gasteiger charge is 2.36. The van der Waals surface area contributed by atoms with Gasteiger partial charge in [-0.3, -0.25) is 4.79 Å². The number of likely N-dealkylation sites (tertiary alicyclic amines) is 2. The van der Waals surface area contributed by atoms with Gasteiger partial charge in [0.2, 0.25) is 5.91 Å². The first-order valence-corrected chi connectivity index (χ1v) is 9.31. The fourth-order valence-corrected chi connectivity index (χ4v) is 4.62. The SMILES string of the molecule is CC(C)N1CC(CN2CCC3(CCNCC3)CC2)CCC1=O. The van der Waals surface area contributed by atoms with Crippen molar-refractivity contribution >= 4 is 5.91 Å². The van der Waals surface area contributed by atoms with Crippen LogP contribution < -0.4 is 5.32 Å². The van der Waals surface area contributed by atoms with Gasteiger partial charge in [-0.05, 0) is 83.5 Å². The molecule has 3 fully saturated rings. The Bertz CT molecular complexity index is 380. The lowest BCUT2D eigenvalue weighted by Gasteiger charge is -2.46. The van der Waals surface area contributed by atoms with Gasteiger partial charge in [-0.2, -0.15) is 0 Å². The number of rotatable bonds is 3. The zero-order chi connectivity index (χ0) is 15.6. The van der Waals surface area contributed by atoms with Crippen molar-refractivity contribution in [3.8, 4) is 0 Å². The van der Waals surface area contributed by atoms with Crippen molar-refractivity contribution in [1.29, 1.82) is 0 Å². The summed E-state index contributed by atoms with van der Waals surface area (Å²) >= 11 is 0. The molecule has 0 aliphatic carbocycles. The fourth-order valence-electron chi connectivity index (χ4n) is 4.62. The van der Waals surface area contributed by atoms with Gasteiger partial charge in [0.25, 0.3) is 0 Å². The summed E-state index contributed by atoms with van der Waals surface area (Å²) in [6, 6.07) is 0.356. The number of piperidine rings is 3. The molecule has 22 heavy (non-hydrogen) atoms. The summed E-state index contributed by atoms with van der Waals surface area (Å²) in [7, 11) is 0. The highest BCUT2D eigenvalue weighted by molar-refractivity contribution is 5.77. The van der Waals surface area contributed by atoms with Crippen LogP contribution in [0.1, 0.15) is 52.4 Å². The van der Waals surface area contributed by atoms with Gasteiger partial charge in [-0.25, -0.2) is 0 Å². The molecule has 0 radical (unpaired) electrons. The summed E-state index contributed by atoms with van der Waals surface area (Å²) in [6.07, 6.45) is 7.36. The monoisotopic (exact) mass is 307 g/mol. The van der Waals surface area contributed by atoms with Crippen LogP contribution in [0.2, 0.25) is 0 Å². The second kappa shape index (κ2) is 6.88. The summed E-state index contributed by atoms with van der Waals surface area (Å²) in [5, 5.41) is 3.50. The van der Waals surface area contributed by atoms with Crippen LogP contribution >= 0.6 is 0 Å². The number of nitrogens with one attached hydrogen (secondary N) is 1. The predicted molar refractivity (Wildman–Crippen MR) is 89.8 cm³/mol. The number of hydrogen-bond acceptors (Lipinski definition) is 3. The Morgan fingerprint density at radius 1 is 1.18 bits per heavy atom. The summed E-state index contributed by atoms with van der Waals surface area (Å²) in [4.78, 5) is 16.7. The largest absolute Gasteiger partial charge is 0.340 e. The van der Waals surface area contributed by atoms with Crippen LogP contribution in [0.3, 0.4) is 0 Å². The van der Waals surface area contributed by atoms with Gasteiger partial charge in [-0.15, -0.1) is 0 Å². The van der Waals surface area contributed by atoms with E-state index in [0.717, 1.165) is 19.4 Å². The molecule has 3 rings (SSSR count). The quantitative estimate of drug-likeness (QED) is 0.867. The van der Waals surface area contributed by atoms with Crippen molar-refractivity contribution in [3.05, 3.63) is 0 Å². The molecule has 0 saturated carbocycles. The number of nitrogens with zero attached hydrogens (tertiary/aromatic N) is 2. The zero-order valence-corrected chi connectivity index (χ0v) is 14.4. The van der Waals surface area contributed by atoms with E-state index >= 15 is 0 Å². The highest BCUT2D eigenvalue weighted by Crippen LogP contribution is 2.39. The third kappa shape index (κ3) is 3.65. The van der Waals surface area contributed by atoms with Crippen molar-refractivity contribution in [2.45, 2.75) is 58.4 Å². The number of carbonyl (C=O) groups is 1. The first kappa shape index (κ1) is 16.3. The molecule has 4 heteroatoms. The van der Waals surface area contributed by atoms with E-state index in [2.05, 4.69) is 29.0 Å². The van der Waals surface area contributed by atoms with E-state index in [9.17, 15) is 4.79 Å². The lowest BCUT2D eigenvalue weighted by molar-refractivity contribution is -0.137. The lowest BCUT2D eigenvalue weighted by atomic mass is 9.71. The molecule has 4 nitrogen and oxygen atoms in total. The van der Waals surface area contributed by atoms with Crippen molar-refractivity contribution < 1.29 is 4.79 Å². The van der Waals surface area contributed by atoms with E-state index in [1.165, 1.54) is 58.4 Å². The van der Waals surface area contributed by atoms with Gasteiger partial charge in [0, 0.05) is 25.6 Å². The minimum atomic E-state index is 0.356. The van der Waals surface area contributed by atoms with E-state index in [1.54, 1.807) is 0 Å². The smallest absolute Gasteiger partial charge is 0.222 e. The maximum absolute atomic E-state index is 12.0. The summed E-state index contributed by atoms with van der Waals surface area (Å²) in [5.41, 5.74) is 0.647. The Morgan fingerprint density at radius 3 is 2.50 bits per heavy atom. The topological polar surface area (TPSA) is 35.6 Å². The first-order valence-electron chi connectivity index (χ1n) is 9.31. The van der Waals surface area contributed by atoms with Gasteiger partial charge < -0.3 is 15.1 Å². The molecular weight excluding hydrogens is 274 g/mol. The summed E-state index contributed by atoms with van der Waals surface area (Å²) in [5.74, 6) is 1.04. The summed E-state index contributed by atoms with van der Waals surface area (Å²) < 4.78 is 0. The molecule has 1 N–H and O–H groups in total. The minimum Gasteiger partial charge on any atom is -0.340 e. The molecular formula is C18H33N3O. The fraction of sp³-hybridized carbons (Fsp3) is 0.944. The molecule has 1 spiro atoms. The molecule has 0 aromatic rings. The molecule has 1 amide bonds. The minimum absolute atomic E-state index is 0.356. The Hall–Kier alpha value is -0.610. The molecule has 0 bridgehead atoms. The van der Waals surface area contributed by atoms with E-state index in [4.69, 9.17) is 0 Å². The Kier molecular flexibility index (Phi) is 5.08. The molecule has 3 heterocycles. The molecule has 1 atom stereocenters. The van der Waals surface area contributed by atoms with Crippen LogP contribution in [0.15, 0.2) is 0 Å². The molecule has 3 aliphatic rings. The van der Waals surface area contributed by atoms with Crippen LogP contribution in [-0.4, -0.2) is 61.0 Å². The average molecular weight is 307 g/mol. The maximum atomic E-state index is 12.0. The van der Waals surface area contributed by atoms with Gasteiger partial charge in [-0.1, -0.05) is 0 Å². The van der Waals surface area contributed by atoms with Crippen LogP contribution in [0.4, 0.5) is 0 Å². The Morgan fingerprint density at radius 2 is 1.86 bits per heavy atom. The van der Waals surface area contributed by atoms with E-state index in [-0.39, 0.29) is 0 Å². The van der Waals surface area contributed by atoms with Crippen molar-refractivity contribution in [2.24, 2.45) is 11.3 Å². The van der Waals surface area contributed by atoms with Gasteiger partial charge >= 0.3 is 0 Å². The zero-order valence-electron chi connectivity index (χ0n) is 14.4. The van der Waals surface area contributed by atoms with Crippen LogP contribution in [-0.2, 0) is 4.79 Å². The van der Waals surface area contributed by atoms with Crippen LogP contribution in [0, 0.1) is 11.3 Å². The van der Waals surface area contributed by atoms with E-state index in [1.807, 2.05) is 0 Å². The molecule has 3 aliphatic heterocycles. The maximum Gasteiger partial charge on any atom is 0.222 e. The van der Waals surface area contributed by atoms with E-state index in [0.29, 0.717) is 23.3 Å². The molecule has 0 aromatic heterocycles. The molecule has 0 aromatic carbocycles. The van der Waals surface area contributed by atoms with Crippen molar-refractivity contribution in [1.82, 2.24) is 15.1 Å². The van der Waals surface area contributed by atoms with Crippen molar-refractivity contribution in [2.75, 3.05) is 39.3 Å². The number of carbonyl (C=O) groups excluding carboxylic acids is 1. The predicted octanol–water partition coefficient (Wildman–Crippen LogP) is 2.10. The van der Waals surface area contributed by atoms with Crippen LogP contribution in [0.5, 0.6) is 0 Å². The number of hydrogen-bond donors (Lipinski definition) is 1. The highest BCUT2D eigenvalue weighted by atomic mass is 16.2. The Labute approximate surface area is 135 Å². The second-order valence-electron chi connectivity index (χ2n) is 8.10. The van der Waals surface area contributed by atoms with Gasteiger partial charge in [0.05, 0.1) is 0 Å². The van der Waals surface area contributed by atoms with Crippen molar-refractivity contribution in [3.63, 3.8) is 0 Å². The number of amides is 1. The van der Waals surface area contributed by atoms with E-state index < -0.39 is 0 Å². The molecule has 3 saturated heterocycles. The lowest BCUT2D eigenvalue weighted by Crippen LogP contribution is -2.50.